The zero-order valence-corrected chi connectivity index (χ0v) is 17.3. The summed E-state index contributed by atoms with van der Waals surface area (Å²) >= 11 is 13.8. The summed E-state index contributed by atoms with van der Waals surface area (Å²) in [4.78, 5) is 26.0. The van der Waals surface area contributed by atoms with E-state index in [9.17, 15) is 9.59 Å². The van der Waals surface area contributed by atoms with Crippen LogP contribution < -0.4 is 5.32 Å². The molecule has 2 aromatic carbocycles. The number of nitrogens with one attached hydrogen (secondary N) is 1. The van der Waals surface area contributed by atoms with Gasteiger partial charge in [0.05, 0.1) is 22.7 Å². The fourth-order valence-corrected chi connectivity index (χ4v) is 4.07. The summed E-state index contributed by atoms with van der Waals surface area (Å²) in [7, 11) is 1.28. The van der Waals surface area contributed by atoms with Gasteiger partial charge >= 0.3 is 5.97 Å². The monoisotopic (exact) mass is 433 g/mol. The Hall–Kier alpha value is -2.34. The first kappa shape index (κ1) is 20.4. The maximum absolute atomic E-state index is 12.6. The van der Waals surface area contributed by atoms with Crippen molar-refractivity contribution in [3.63, 3.8) is 0 Å². The van der Waals surface area contributed by atoms with Gasteiger partial charge in [-0.2, -0.15) is 0 Å². The molecule has 0 aliphatic carbocycles. The van der Waals surface area contributed by atoms with Crippen molar-refractivity contribution in [1.82, 2.24) is 5.32 Å². The Morgan fingerprint density at radius 1 is 1.04 bits per heavy atom. The largest absolute Gasteiger partial charge is 0.467 e. The standard InChI is InChI=1S/C21H17Cl2NO3S/c1-27-21(26)17(24-20(25)19-15(22)4-2-5-16(19)23)12-13-7-9-14(10-8-13)18-6-3-11-28-18/h2-11,17H,12H2,1H3,(H,24,25)/t17-/m0/s1. The quantitative estimate of drug-likeness (QED) is 0.540. The molecule has 0 saturated heterocycles. The molecule has 0 bridgehead atoms. The van der Waals surface area contributed by atoms with Crippen LogP contribution in [0.25, 0.3) is 10.4 Å². The highest BCUT2D eigenvalue weighted by Gasteiger charge is 2.25. The van der Waals surface area contributed by atoms with Gasteiger partial charge in [0.25, 0.3) is 5.91 Å². The van der Waals surface area contributed by atoms with Crippen LogP contribution in [0.15, 0.2) is 60.0 Å². The highest BCUT2D eigenvalue weighted by molar-refractivity contribution is 7.13. The van der Waals surface area contributed by atoms with E-state index in [0.29, 0.717) is 0 Å². The Labute approximate surface area is 177 Å². The van der Waals surface area contributed by atoms with Crippen molar-refractivity contribution in [3.8, 4) is 10.4 Å². The molecule has 7 heteroatoms. The number of rotatable bonds is 6. The third kappa shape index (κ3) is 4.73. The van der Waals surface area contributed by atoms with Gasteiger partial charge in [-0.1, -0.05) is 59.6 Å². The van der Waals surface area contributed by atoms with Gasteiger partial charge in [-0.05, 0) is 34.7 Å². The minimum absolute atomic E-state index is 0.132. The molecule has 1 atom stereocenters. The van der Waals surface area contributed by atoms with E-state index in [-0.39, 0.29) is 22.0 Å². The average molecular weight is 434 g/mol. The van der Waals surface area contributed by atoms with E-state index in [2.05, 4.69) is 5.32 Å². The number of hydrogen-bond donors (Lipinski definition) is 1. The summed E-state index contributed by atoms with van der Waals surface area (Å²) in [6.45, 7) is 0. The number of thiophene rings is 1. The van der Waals surface area contributed by atoms with Crippen molar-refractivity contribution in [2.75, 3.05) is 7.11 Å². The Kier molecular flexibility index (Phi) is 6.73. The first-order valence-electron chi connectivity index (χ1n) is 8.45. The molecule has 0 fully saturated rings. The topological polar surface area (TPSA) is 55.4 Å². The molecule has 0 spiro atoms. The Morgan fingerprint density at radius 3 is 2.29 bits per heavy atom. The van der Waals surface area contributed by atoms with E-state index < -0.39 is 17.9 Å². The van der Waals surface area contributed by atoms with Gasteiger partial charge in [0.1, 0.15) is 6.04 Å². The predicted molar refractivity (Wildman–Crippen MR) is 113 cm³/mol. The molecule has 1 aromatic heterocycles. The van der Waals surface area contributed by atoms with Crippen LogP contribution in [0, 0.1) is 0 Å². The smallest absolute Gasteiger partial charge is 0.328 e. The third-order valence-electron chi connectivity index (χ3n) is 4.18. The molecule has 1 amide bonds. The lowest BCUT2D eigenvalue weighted by Crippen LogP contribution is -2.43. The van der Waals surface area contributed by atoms with Crippen molar-refractivity contribution < 1.29 is 14.3 Å². The highest BCUT2D eigenvalue weighted by atomic mass is 35.5. The summed E-state index contributed by atoms with van der Waals surface area (Å²) in [5.41, 5.74) is 2.12. The SMILES string of the molecule is COC(=O)[C@H](Cc1ccc(-c2cccs2)cc1)NC(=O)c1c(Cl)cccc1Cl. The first-order valence-corrected chi connectivity index (χ1v) is 10.1. The van der Waals surface area contributed by atoms with Gasteiger partial charge in [0.2, 0.25) is 0 Å². The molecule has 3 rings (SSSR count). The minimum atomic E-state index is -0.863. The molecule has 1 N–H and O–H groups in total. The molecule has 0 saturated carbocycles. The Bertz CT molecular complexity index is 952. The number of esters is 1. The van der Waals surface area contributed by atoms with E-state index in [1.54, 1.807) is 29.5 Å². The molecule has 4 nitrogen and oxygen atoms in total. The molecule has 0 aliphatic rings. The summed E-state index contributed by atoms with van der Waals surface area (Å²) in [5.74, 6) is -1.07. The number of halogens is 2. The van der Waals surface area contributed by atoms with Crippen LogP contribution in [0.2, 0.25) is 10.0 Å². The molecular formula is C21H17Cl2NO3S. The van der Waals surface area contributed by atoms with Crippen LogP contribution in [0.4, 0.5) is 0 Å². The van der Waals surface area contributed by atoms with Gasteiger partial charge in [-0.3, -0.25) is 4.79 Å². The second-order valence-corrected chi connectivity index (χ2v) is 7.79. The maximum Gasteiger partial charge on any atom is 0.328 e. The highest BCUT2D eigenvalue weighted by Crippen LogP contribution is 2.26. The molecule has 0 unspecified atom stereocenters. The van der Waals surface area contributed by atoms with Crippen LogP contribution in [-0.2, 0) is 16.0 Å². The normalized spacial score (nSPS) is 11.7. The minimum Gasteiger partial charge on any atom is -0.467 e. The lowest BCUT2D eigenvalue weighted by atomic mass is 10.0. The number of methoxy groups -OCH3 is 1. The number of ether oxygens (including phenoxy) is 1. The van der Waals surface area contributed by atoms with Crippen molar-refractivity contribution in [2.24, 2.45) is 0 Å². The molecule has 144 valence electrons. The molecule has 3 aromatic rings. The number of carbonyl (C=O) groups is 2. The van der Waals surface area contributed by atoms with Crippen LogP contribution in [0.5, 0.6) is 0 Å². The molecule has 0 aliphatic heterocycles. The number of hydrogen-bond acceptors (Lipinski definition) is 4. The zero-order valence-electron chi connectivity index (χ0n) is 14.9. The average Bonchev–Trinajstić information content (AvgIpc) is 3.22. The Morgan fingerprint density at radius 2 is 1.71 bits per heavy atom. The van der Waals surface area contributed by atoms with E-state index in [0.717, 1.165) is 16.0 Å². The second kappa shape index (κ2) is 9.24. The lowest BCUT2D eigenvalue weighted by Gasteiger charge is -2.18. The van der Waals surface area contributed by atoms with Gasteiger partial charge in [0, 0.05) is 11.3 Å². The zero-order chi connectivity index (χ0) is 20.1. The van der Waals surface area contributed by atoms with Gasteiger partial charge < -0.3 is 10.1 Å². The van der Waals surface area contributed by atoms with Gasteiger partial charge in [-0.15, -0.1) is 11.3 Å². The van der Waals surface area contributed by atoms with Crippen molar-refractivity contribution in [3.05, 3.63) is 81.1 Å². The second-order valence-electron chi connectivity index (χ2n) is 6.02. The van der Waals surface area contributed by atoms with Crippen molar-refractivity contribution >= 4 is 46.4 Å². The summed E-state index contributed by atoms with van der Waals surface area (Å²) in [5, 5.41) is 5.13. The van der Waals surface area contributed by atoms with Crippen molar-refractivity contribution in [2.45, 2.75) is 12.5 Å². The number of benzene rings is 2. The fourth-order valence-electron chi connectivity index (χ4n) is 2.76. The van der Waals surface area contributed by atoms with E-state index >= 15 is 0 Å². The summed E-state index contributed by atoms with van der Waals surface area (Å²) in [6, 6.07) is 15.8. The molecule has 1 heterocycles. The van der Waals surface area contributed by atoms with Crippen molar-refractivity contribution in [1.29, 1.82) is 0 Å². The molecule has 28 heavy (non-hydrogen) atoms. The van der Waals surface area contributed by atoms with Crippen LogP contribution in [-0.4, -0.2) is 25.0 Å². The maximum atomic E-state index is 12.6. The van der Waals surface area contributed by atoms with Gasteiger partial charge in [-0.25, -0.2) is 4.79 Å². The lowest BCUT2D eigenvalue weighted by molar-refractivity contribution is -0.142. The van der Waals surface area contributed by atoms with Crippen LogP contribution in [0.3, 0.4) is 0 Å². The van der Waals surface area contributed by atoms with Crippen LogP contribution >= 0.6 is 34.5 Å². The first-order chi connectivity index (χ1) is 13.5. The summed E-state index contributed by atoms with van der Waals surface area (Å²) in [6.07, 6.45) is 0.283. The molecule has 0 radical (unpaired) electrons. The fraction of sp³-hybridized carbons (Fsp3) is 0.143. The van der Waals surface area contributed by atoms with E-state index in [1.165, 1.54) is 7.11 Å². The Balaban J connectivity index is 1.77. The van der Waals surface area contributed by atoms with E-state index in [4.69, 9.17) is 27.9 Å². The third-order valence-corrected chi connectivity index (χ3v) is 5.73. The number of carbonyl (C=O) groups excluding carboxylic acids is 2. The van der Waals surface area contributed by atoms with E-state index in [1.807, 2.05) is 41.8 Å². The van der Waals surface area contributed by atoms with Gasteiger partial charge in [0.15, 0.2) is 0 Å². The molecular weight excluding hydrogens is 417 g/mol. The number of amides is 1. The van der Waals surface area contributed by atoms with Crippen LogP contribution in [0.1, 0.15) is 15.9 Å². The predicted octanol–water partition coefficient (Wildman–Crippen LogP) is 5.24. The summed E-state index contributed by atoms with van der Waals surface area (Å²) < 4.78 is 4.85.